The highest BCUT2D eigenvalue weighted by molar-refractivity contribution is 6.33. The fourth-order valence-corrected chi connectivity index (χ4v) is 3.22. The zero-order valence-corrected chi connectivity index (χ0v) is 12.9. The van der Waals surface area contributed by atoms with Gasteiger partial charge in [-0.3, -0.25) is 0 Å². The Bertz CT molecular complexity index is 472. The van der Waals surface area contributed by atoms with E-state index in [-0.39, 0.29) is 0 Å². The van der Waals surface area contributed by atoms with E-state index in [1.165, 1.54) is 25.7 Å². The smallest absolute Gasteiger partial charge is 0.179 e. The van der Waals surface area contributed by atoms with Gasteiger partial charge in [0.2, 0.25) is 0 Å². The van der Waals surface area contributed by atoms with Crippen molar-refractivity contribution in [1.29, 1.82) is 0 Å². The summed E-state index contributed by atoms with van der Waals surface area (Å²) in [4.78, 5) is 0. The van der Waals surface area contributed by atoms with E-state index in [9.17, 15) is 0 Å². The van der Waals surface area contributed by atoms with Gasteiger partial charge in [-0.2, -0.15) is 0 Å². The lowest BCUT2D eigenvalue weighted by Crippen LogP contribution is -2.32. The van der Waals surface area contributed by atoms with E-state index >= 15 is 0 Å². The first-order valence-corrected chi connectivity index (χ1v) is 7.75. The van der Waals surface area contributed by atoms with Crippen LogP contribution < -0.4 is 14.8 Å². The first-order valence-electron chi connectivity index (χ1n) is 7.37. The van der Waals surface area contributed by atoms with Crippen LogP contribution in [-0.2, 0) is 6.54 Å². The van der Waals surface area contributed by atoms with Crippen molar-refractivity contribution in [1.82, 2.24) is 5.32 Å². The average Bonchev–Trinajstić information content (AvgIpc) is 3.33. The summed E-state index contributed by atoms with van der Waals surface area (Å²) in [6.45, 7) is 0.802. The van der Waals surface area contributed by atoms with Crippen molar-refractivity contribution < 1.29 is 9.47 Å². The third-order valence-electron chi connectivity index (χ3n) is 4.35. The Morgan fingerprint density at radius 1 is 1.15 bits per heavy atom. The summed E-state index contributed by atoms with van der Waals surface area (Å²) in [7, 11) is 3.25. The molecule has 3 rings (SSSR count). The van der Waals surface area contributed by atoms with Crippen LogP contribution in [0.4, 0.5) is 0 Å². The molecule has 0 spiro atoms. The van der Waals surface area contributed by atoms with E-state index in [1.807, 2.05) is 12.1 Å². The van der Waals surface area contributed by atoms with Gasteiger partial charge in [-0.1, -0.05) is 17.7 Å². The monoisotopic (exact) mass is 295 g/mol. The molecule has 2 aliphatic carbocycles. The molecule has 2 saturated carbocycles. The van der Waals surface area contributed by atoms with Gasteiger partial charge >= 0.3 is 0 Å². The molecule has 0 aromatic heterocycles. The first kappa shape index (κ1) is 14.0. The molecule has 0 unspecified atom stereocenters. The number of hydrogen-bond donors (Lipinski definition) is 1. The van der Waals surface area contributed by atoms with Gasteiger partial charge in [-0.05, 0) is 49.1 Å². The van der Waals surface area contributed by atoms with E-state index in [0.717, 1.165) is 23.9 Å². The highest BCUT2D eigenvalue weighted by atomic mass is 35.5. The SMILES string of the molecule is COc1ccc(CNC(C2CC2)C2CC2)c(Cl)c1OC. The summed E-state index contributed by atoms with van der Waals surface area (Å²) >= 11 is 6.42. The molecule has 110 valence electrons. The zero-order valence-electron chi connectivity index (χ0n) is 12.1. The number of rotatable bonds is 7. The van der Waals surface area contributed by atoms with E-state index < -0.39 is 0 Å². The quantitative estimate of drug-likeness (QED) is 0.833. The van der Waals surface area contributed by atoms with Crippen LogP contribution in [0, 0.1) is 11.8 Å². The fraction of sp³-hybridized carbons (Fsp3) is 0.625. The predicted molar refractivity (Wildman–Crippen MR) is 80.6 cm³/mol. The first-order chi connectivity index (χ1) is 9.74. The van der Waals surface area contributed by atoms with Crippen LogP contribution in [0.2, 0.25) is 5.02 Å². The van der Waals surface area contributed by atoms with Crippen LogP contribution in [0.5, 0.6) is 11.5 Å². The minimum atomic E-state index is 0.628. The van der Waals surface area contributed by atoms with Crippen LogP contribution in [0.3, 0.4) is 0 Å². The Morgan fingerprint density at radius 2 is 1.80 bits per heavy atom. The van der Waals surface area contributed by atoms with Crippen molar-refractivity contribution in [3.05, 3.63) is 22.7 Å². The van der Waals surface area contributed by atoms with Crippen LogP contribution in [0.15, 0.2) is 12.1 Å². The largest absolute Gasteiger partial charge is 0.493 e. The Labute approximate surface area is 125 Å². The van der Waals surface area contributed by atoms with Crippen LogP contribution in [0.1, 0.15) is 31.2 Å². The molecule has 20 heavy (non-hydrogen) atoms. The number of methoxy groups -OCH3 is 2. The topological polar surface area (TPSA) is 30.5 Å². The normalized spacial score (nSPS) is 18.4. The molecule has 1 aromatic carbocycles. The molecule has 2 fully saturated rings. The molecule has 0 radical (unpaired) electrons. The lowest BCUT2D eigenvalue weighted by atomic mass is 10.1. The van der Waals surface area contributed by atoms with Gasteiger partial charge < -0.3 is 14.8 Å². The zero-order chi connectivity index (χ0) is 14.1. The minimum absolute atomic E-state index is 0.628. The Kier molecular flexibility index (Phi) is 4.08. The van der Waals surface area contributed by atoms with Crippen molar-refractivity contribution in [2.24, 2.45) is 11.8 Å². The molecule has 0 aliphatic heterocycles. The summed E-state index contributed by atoms with van der Waals surface area (Å²) in [5.74, 6) is 3.09. The molecule has 2 aliphatic rings. The molecule has 0 heterocycles. The van der Waals surface area contributed by atoms with Gasteiger partial charge in [-0.15, -0.1) is 0 Å². The molecule has 3 nitrogen and oxygen atoms in total. The maximum Gasteiger partial charge on any atom is 0.179 e. The molecular weight excluding hydrogens is 274 g/mol. The van der Waals surface area contributed by atoms with Crippen molar-refractivity contribution in [3.63, 3.8) is 0 Å². The predicted octanol–water partition coefficient (Wildman–Crippen LogP) is 3.64. The number of halogens is 1. The summed E-state index contributed by atoms with van der Waals surface area (Å²) in [6.07, 6.45) is 5.53. The van der Waals surface area contributed by atoms with Crippen LogP contribution in [0.25, 0.3) is 0 Å². The lowest BCUT2D eigenvalue weighted by Gasteiger charge is -2.19. The van der Waals surface area contributed by atoms with Crippen molar-refractivity contribution >= 4 is 11.6 Å². The van der Waals surface area contributed by atoms with Gasteiger partial charge in [0, 0.05) is 12.6 Å². The Balaban J connectivity index is 1.70. The summed E-state index contributed by atoms with van der Waals surface area (Å²) < 4.78 is 10.6. The minimum Gasteiger partial charge on any atom is -0.493 e. The molecule has 4 heteroatoms. The third-order valence-corrected chi connectivity index (χ3v) is 4.77. The molecule has 0 amide bonds. The van der Waals surface area contributed by atoms with Gasteiger partial charge in [0.15, 0.2) is 11.5 Å². The van der Waals surface area contributed by atoms with E-state index in [1.54, 1.807) is 14.2 Å². The summed E-state index contributed by atoms with van der Waals surface area (Å²) in [6, 6.07) is 4.62. The standard InChI is InChI=1S/C16H22ClNO2/c1-19-13-8-7-12(14(17)16(13)20-2)9-18-15(10-3-4-10)11-5-6-11/h7-8,10-11,15,18H,3-6,9H2,1-2H3. The maximum atomic E-state index is 6.42. The Morgan fingerprint density at radius 3 is 2.30 bits per heavy atom. The molecule has 0 saturated heterocycles. The Hall–Kier alpha value is -0.930. The average molecular weight is 296 g/mol. The molecule has 0 bridgehead atoms. The lowest BCUT2D eigenvalue weighted by molar-refractivity contribution is 0.354. The van der Waals surface area contributed by atoms with Crippen LogP contribution >= 0.6 is 11.6 Å². The van der Waals surface area contributed by atoms with Crippen molar-refractivity contribution in [2.45, 2.75) is 38.3 Å². The van der Waals surface area contributed by atoms with Gasteiger partial charge in [0.05, 0.1) is 19.2 Å². The highest BCUT2D eigenvalue weighted by Gasteiger charge is 2.41. The molecular formula is C16H22ClNO2. The van der Waals surface area contributed by atoms with Crippen molar-refractivity contribution in [2.75, 3.05) is 14.2 Å². The highest BCUT2D eigenvalue weighted by Crippen LogP contribution is 2.45. The van der Waals surface area contributed by atoms with E-state index in [0.29, 0.717) is 22.6 Å². The van der Waals surface area contributed by atoms with Crippen LogP contribution in [-0.4, -0.2) is 20.3 Å². The molecule has 0 atom stereocenters. The third kappa shape index (κ3) is 2.89. The summed E-state index contributed by atoms with van der Waals surface area (Å²) in [5, 5.41) is 4.37. The van der Waals surface area contributed by atoms with Gasteiger partial charge in [0.25, 0.3) is 0 Å². The number of ether oxygens (including phenoxy) is 2. The summed E-state index contributed by atoms with van der Waals surface area (Å²) in [5.41, 5.74) is 1.08. The van der Waals surface area contributed by atoms with Gasteiger partial charge in [0.1, 0.15) is 0 Å². The second-order valence-corrected chi connectivity index (χ2v) is 6.23. The second kappa shape index (κ2) is 5.82. The number of hydrogen-bond acceptors (Lipinski definition) is 3. The van der Waals surface area contributed by atoms with Gasteiger partial charge in [-0.25, -0.2) is 0 Å². The number of benzene rings is 1. The van der Waals surface area contributed by atoms with E-state index in [4.69, 9.17) is 21.1 Å². The molecule has 1 aromatic rings. The van der Waals surface area contributed by atoms with Crippen molar-refractivity contribution in [3.8, 4) is 11.5 Å². The van der Waals surface area contributed by atoms with E-state index in [2.05, 4.69) is 5.32 Å². The second-order valence-electron chi connectivity index (χ2n) is 5.86. The maximum absolute atomic E-state index is 6.42. The number of nitrogens with one attached hydrogen (secondary N) is 1. The molecule has 1 N–H and O–H groups in total. The fourth-order valence-electron chi connectivity index (χ4n) is 2.92.